The van der Waals surface area contributed by atoms with E-state index in [1.807, 2.05) is 18.2 Å². The van der Waals surface area contributed by atoms with E-state index in [0.29, 0.717) is 17.9 Å². The Bertz CT molecular complexity index is 446. The van der Waals surface area contributed by atoms with Crippen LogP contribution in [0.1, 0.15) is 19.3 Å². The zero-order chi connectivity index (χ0) is 11.7. The van der Waals surface area contributed by atoms with Crippen molar-refractivity contribution in [1.29, 1.82) is 0 Å². The molecule has 0 atom stereocenters. The summed E-state index contributed by atoms with van der Waals surface area (Å²) >= 11 is 5.25. The molecule has 1 saturated carbocycles. The molecule has 3 rings (SSSR count). The first kappa shape index (κ1) is 10.7. The Labute approximate surface area is 105 Å². The number of ether oxygens (including phenoxy) is 2. The molecular formula is C12H14N2O2S. The number of anilines is 1. The molecule has 4 nitrogen and oxygen atoms in total. The first-order valence-electron chi connectivity index (χ1n) is 5.78. The van der Waals surface area contributed by atoms with Gasteiger partial charge in [-0.3, -0.25) is 0 Å². The third-order valence-electron chi connectivity index (χ3n) is 3.07. The summed E-state index contributed by atoms with van der Waals surface area (Å²) in [6, 6.07) is 6.26. The molecule has 0 unspecified atom stereocenters. The Morgan fingerprint density at radius 1 is 1.24 bits per heavy atom. The molecule has 5 heteroatoms. The van der Waals surface area contributed by atoms with Gasteiger partial charge < -0.3 is 20.1 Å². The number of hydrogen-bond donors (Lipinski definition) is 2. The van der Waals surface area contributed by atoms with Gasteiger partial charge in [0.1, 0.15) is 0 Å². The zero-order valence-electron chi connectivity index (χ0n) is 9.36. The van der Waals surface area contributed by atoms with Gasteiger partial charge in [-0.2, -0.15) is 0 Å². The second kappa shape index (κ2) is 4.41. The number of hydrogen-bond acceptors (Lipinski definition) is 3. The summed E-state index contributed by atoms with van der Waals surface area (Å²) in [5.41, 5.74) is 0.922. The van der Waals surface area contributed by atoms with Crippen molar-refractivity contribution in [1.82, 2.24) is 5.32 Å². The molecule has 0 spiro atoms. The third kappa shape index (κ3) is 2.29. The number of fused-ring (bicyclic) bond motifs is 1. The van der Waals surface area contributed by atoms with Crippen LogP contribution in [-0.2, 0) is 0 Å². The largest absolute Gasteiger partial charge is 0.454 e. The van der Waals surface area contributed by atoms with Gasteiger partial charge in [0, 0.05) is 17.8 Å². The van der Waals surface area contributed by atoms with E-state index in [-0.39, 0.29) is 0 Å². The fourth-order valence-corrected chi connectivity index (χ4v) is 2.16. The van der Waals surface area contributed by atoms with Crippen LogP contribution in [0.15, 0.2) is 18.2 Å². The number of nitrogens with one attached hydrogen (secondary N) is 2. The highest BCUT2D eigenvalue weighted by Gasteiger charge is 2.18. The van der Waals surface area contributed by atoms with E-state index in [1.165, 1.54) is 19.3 Å². The van der Waals surface area contributed by atoms with Crippen molar-refractivity contribution in [3.63, 3.8) is 0 Å². The van der Waals surface area contributed by atoms with Crippen molar-refractivity contribution in [2.24, 2.45) is 0 Å². The fraction of sp³-hybridized carbons (Fsp3) is 0.417. The second-order valence-electron chi connectivity index (χ2n) is 4.29. The van der Waals surface area contributed by atoms with Gasteiger partial charge in [-0.15, -0.1) is 0 Å². The third-order valence-corrected chi connectivity index (χ3v) is 3.29. The van der Waals surface area contributed by atoms with Crippen LogP contribution in [0.25, 0.3) is 0 Å². The average molecular weight is 250 g/mol. The summed E-state index contributed by atoms with van der Waals surface area (Å²) in [6.07, 6.45) is 3.72. The van der Waals surface area contributed by atoms with E-state index < -0.39 is 0 Å². The lowest BCUT2D eigenvalue weighted by Gasteiger charge is -2.27. The normalized spacial score (nSPS) is 17.4. The van der Waals surface area contributed by atoms with Gasteiger partial charge in [-0.25, -0.2) is 0 Å². The molecule has 0 bridgehead atoms. The maximum Gasteiger partial charge on any atom is 0.231 e. The Morgan fingerprint density at radius 2 is 2.06 bits per heavy atom. The first-order chi connectivity index (χ1) is 8.31. The van der Waals surface area contributed by atoms with Gasteiger partial charge >= 0.3 is 0 Å². The molecule has 2 N–H and O–H groups in total. The first-order valence-corrected chi connectivity index (χ1v) is 6.19. The molecule has 17 heavy (non-hydrogen) atoms. The number of rotatable bonds is 2. The summed E-state index contributed by atoms with van der Waals surface area (Å²) in [7, 11) is 0. The van der Waals surface area contributed by atoms with Gasteiger partial charge in [0.2, 0.25) is 6.79 Å². The molecule has 0 saturated heterocycles. The van der Waals surface area contributed by atoms with Crippen LogP contribution in [0.2, 0.25) is 0 Å². The second-order valence-corrected chi connectivity index (χ2v) is 4.70. The quantitative estimate of drug-likeness (QED) is 0.788. The minimum absolute atomic E-state index is 0.295. The van der Waals surface area contributed by atoms with Crippen molar-refractivity contribution in [3.05, 3.63) is 18.2 Å². The minimum atomic E-state index is 0.295. The molecule has 1 aromatic carbocycles. The summed E-state index contributed by atoms with van der Waals surface area (Å²) in [4.78, 5) is 0. The van der Waals surface area contributed by atoms with Gasteiger partial charge in [0.15, 0.2) is 16.6 Å². The number of benzene rings is 1. The fourth-order valence-electron chi connectivity index (χ4n) is 1.88. The van der Waals surface area contributed by atoms with Crippen LogP contribution in [0.4, 0.5) is 5.69 Å². The highest BCUT2D eigenvalue weighted by Crippen LogP contribution is 2.34. The maximum atomic E-state index is 5.31. The van der Waals surface area contributed by atoms with Crippen molar-refractivity contribution in [3.8, 4) is 11.5 Å². The Morgan fingerprint density at radius 3 is 2.82 bits per heavy atom. The predicted octanol–water partition coefficient (Wildman–Crippen LogP) is 2.25. The highest BCUT2D eigenvalue weighted by atomic mass is 32.1. The van der Waals surface area contributed by atoms with Crippen LogP contribution < -0.4 is 20.1 Å². The lowest BCUT2D eigenvalue weighted by Crippen LogP contribution is -2.41. The van der Waals surface area contributed by atoms with Crippen LogP contribution in [0.3, 0.4) is 0 Å². The molecular weight excluding hydrogens is 236 g/mol. The van der Waals surface area contributed by atoms with Crippen molar-refractivity contribution in [2.75, 3.05) is 12.1 Å². The van der Waals surface area contributed by atoms with Crippen LogP contribution in [0.5, 0.6) is 11.5 Å². The van der Waals surface area contributed by atoms with E-state index in [4.69, 9.17) is 21.7 Å². The molecule has 2 aliphatic rings. The van der Waals surface area contributed by atoms with E-state index in [1.54, 1.807) is 0 Å². The van der Waals surface area contributed by atoms with Gasteiger partial charge in [-0.05, 0) is 43.6 Å². The Hall–Kier alpha value is -1.49. The van der Waals surface area contributed by atoms with Gasteiger partial charge in [-0.1, -0.05) is 0 Å². The maximum absolute atomic E-state index is 5.31. The monoisotopic (exact) mass is 250 g/mol. The molecule has 1 heterocycles. The SMILES string of the molecule is S=C(Nc1ccc2c(c1)OCO2)NC1CCC1. The molecule has 0 amide bonds. The van der Waals surface area contributed by atoms with E-state index >= 15 is 0 Å². The molecule has 0 radical (unpaired) electrons. The molecule has 1 aliphatic carbocycles. The topological polar surface area (TPSA) is 42.5 Å². The lowest BCUT2D eigenvalue weighted by molar-refractivity contribution is 0.174. The molecule has 90 valence electrons. The zero-order valence-corrected chi connectivity index (χ0v) is 10.2. The standard InChI is InChI=1S/C12H14N2O2S/c17-12(13-8-2-1-3-8)14-9-4-5-10-11(6-9)16-7-15-10/h4-6,8H,1-3,7H2,(H2,13,14,17). The average Bonchev–Trinajstić information content (AvgIpc) is 2.71. The van der Waals surface area contributed by atoms with Crippen LogP contribution in [0, 0.1) is 0 Å². The lowest BCUT2D eigenvalue weighted by atomic mass is 9.93. The molecule has 0 aromatic heterocycles. The van der Waals surface area contributed by atoms with E-state index in [2.05, 4.69) is 10.6 Å². The van der Waals surface area contributed by atoms with E-state index in [0.717, 1.165) is 17.2 Å². The molecule has 1 fully saturated rings. The minimum Gasteiger partial charge on any atom is -0.454 e. The van der Waals surface area contributed by atoms with Crippen molar-refractivity contribution >= 4 is 23.0 Å². The smallest absolute Gasteiger partial charge is 0.231 e. The summed E-state index contributed by atoms with van der Waals surface area (Å²) in [6.45, 7) is 0.295. The number of thiocarbonyl (C=S) groups is 1. The van der Waals surface area contributed by atoms with Crippen LogP contribution >= 0.6 is 12.2 Å². The summed E-state index contributed by atoms with van der Waals surface area (Å²) < 4.78 is 10.6. The van der Waals surface area contributed by atoms with Crippen LogP contribution in [-0.4, -0.2) is 17.9 Å². The molecule has 1 aromatic rings. The van der Waals surface area contributed by atoms with Gasteiger partial charge in [0.25, 0.3) is 0 Å². The van der Waals surface area contributed by atoms with Crippen molar-refractivity contribution in [2.45, 2.75) is 25.3 Å². The van der Waals surface area contributed by atoms with Crippen molar-refractivity contribution < 1.29 is 9.47 Å². The highest BCUT2D eigenvalue weighted by molar-refractivity contribution is 7.80. The predicted molar refractivity (Wildman–Crippen MR) is 69.6 cm³/mol. The van der Waals surface area contributed by atoms with E-state index in [9.17, 15) is 0 Å². The Kier molecular flexibility index (Phi) is 2.76. The summed E-state index contributed by atoms with van der Waals surface area (Å²) in [5, 5.41) is 7.11. The summed E-state index contributed by atoms with van der Waals surface area (Å²) in [5.74, 6) is 1.55. The Balaban J connectivity index is 1.62. The molecule has 1 aliphatic heterocycles. The van der Waals surface area contributed by atoms with Gasteiger partial charge in [0.05, 0.1) is 0 Å².